The molecule has 0 spiro atoms. The molecule has 1 unspecified atom stereocenters. The summed E-state index contributed by atoms with van der Waals surface area (Å²) >= 11 is 0. The maximum Gasteiger partial charge on any atom is 0.322 e. The van der Waals surface area contributed by atoms with Crippen LogP contribution in [0.15, 0.2) is 54.6 Å². The molecule has 0 aliphatic heterocycles. The van der Waals surface area contributed by atoms with Crippen molar-refractivity contribution in [3.8, 4) is 17.0 Å². The fourth-order valence-corrected chi connectivity index (χ4v) is 2.97. The van der Waals surface area contributed by atoms with Crippen LogP contribution in [0.1, 0.15) is 24.4 Å². The third kappa shape index (κ3) is 5.44. The van der Waals surface area contributed by atoms with Gasteiger partial charge >= 0.3 is 5.97 Å². The molecule has 1 heterocycles. The van der Waals surface area contributed by atoms with E-state index in [1.165, 1.54) is 0 Å². The van der Waals surface area contributed by atoms with Crippen LogP contribution in [-0.4, -0.2) is 34.7 Å². The van der Waals surface area contributed by atoms with E-state index in [0.717, 1.165) is 28.3 Å². The molecule has 0 fully saturated rings. The van der Waals surface area contributed by atoms with Gasteiger partial charge < -0.3 is 20.5 Å². The van der Waals surface area contributed by atoms with E-state index in [4.69, 9.17) is 9.84 Å². The molecule has 3 aromatic rings. The number of aliphatic carboxylic acids is 1. The maximum absolute atomic E-state index is 10.8. The zero-order valence-electron chi connectivity index (χ0n) is 16.6. The average molecular weight is 392 g/mol. The van der Waals surface area contributed by atoms with Crippen molar-refractivity contribution in [3.63, 3.8) is 0 Å². The van der Waals surface area contributed by atoms with Gasteiger partial charge in [0.1, 0.15) is 23.9 Å². The van der Waals surface area contributed by atoms with Crippen LogP contribution in [0, 0.1) is 6.92 Å². The number of aromatic nitrogens is 2. The Morgan fingerprint density at radius 2 is 1.93 bits per heavy atom. The van der Waals surface area contributed by atoms with Gasteiger partial charge in [-0.25, -0.2) is 9.97 Å². The van der Waals surface area contributed by atoms with E-state index in [1.807, 2.05) is 68.4 Å². The first kappa shape index (κ1) is 20.1. The van der Waals surface area contributed by atoms with Crippen molar-refractivity contribution in [3.05, 3.63) is 66.0 Å². The van der Waals surface area contributed by atoms with Gasteiger partial charge in [-0.05, 0) is 43.7 Å². The smallest absolute Gasteiger partial charge is 0.322 e. The number of ether oxygens (including phenoxy) is 1. The van der Waals surface area contributed by atoms with Crippen molar-refractivity contribution in [2.45, 2.75) is 19.9 Å². The van der Waals surface area contributed by atoms with Crippen molar-refractivity contribution < 1.29 is 14.6 Å². The van der Waals surface area contributed by atoms with Gasteiger partial charge in [0, 0.05) is 17.3 Å². The Labute approximate surface area is 169 Å². The van der Waals surface area contributed by atoms with Gasteiger partial charge in [0.25, 0.3) is 0 Å². The van der Waals surface area contributed by atoms with E-state index < -0.39 is 5.97 Å². The number of hydrogen-bond acceptors (Lipinski definition) is 6. The van der Waals surface area contributed by atoms with Crippen LogP contribution in [-0.2, 0) is 4.79 Å². The van der Waals surface area contributed by atoms with Crippen LogP contribution in [0.4, 0.5) is 11.5 Å². The van der Waals surface area contributed by atoms with E-state index >= 15 is 0 Å². The molecule has 7 heteroatoms. The lowest BCUT2D eigenvalue weighted by Crippen LogP contribution is -2.13. The molecule has 0 saturated carbocycles. The lowest BCUT2D eigenvalue weighted by Gasteiger charge is -2.17. The van der Waals surface area contributed by atoms with E-state index in [1.54, 1.807) is 7.11 Å². The number of nitrogens with one attached hydrogen (secondary N) is 2. The van der Waals surface area contributed by atoms with E-state index in [9.17, 15) is 4.79 Å². The van der Waals surface area contributed by atoms with Gasteiger partial charge in [-0.3, -0.25) is 4.79 Å². The number of rotatable bonds is 8. The molecule has 0 amide bonds. The molecule has 1 atom stereocenters. The topological polar surface area (TPSA) is 96.4 Å². The number of carboxylic acid groups (broad SMARTS) is 1. The minimum atomic E-state index is -0.900. The highest BCUT2D eigenvalue weighted by atomic mass is 16.5. The number of carboxylic acids is 1. The molecule has 0 aliphatic carbocycles. The molecule has 2 aromatic carbocycles. The summed E-state index contributed by atoms with van der Waals surface area (Å²) in [7, 11) is 1.64. The number of benzene rings is 2. The minimum Gasteiger partial charge on any atom is -0.497 e. The number of aryl methyl sites for hydroxylation is 1. The van der Waals surface area contributed by atoms with Crippen LogP contribution < -0.4 is 15.4 Å². The van der Waals surface area contributed by atoms with E-state index in [0.29, 0.717) is 11.6 Å². The average Bonchev–Trinajstić information content (AvgIpc) is 2.72. The molecule has 7 nitrogen and oxygen atoms in total. The molecule has 3 N–H and O–H groups in total. The van der Waals surface area contributed by atoms with Crippen LogP contribution in [0.25, 0.3) is 11.3 Å². The first-order valence-corrected chi connectivity index (χ1v) is 9.27. The monoisotopic (exact) mass is 392 g/mol. The largest absolute Gasteiger partial charge is 0.497 e. The maximum atomic E-state index is 10.8. The normalized spacial score (nSPS) is 11.6. The van der Waals surface area contributed by atoms with Crippen LogP contribution >= 0.6 is 0 Å². The summed E-state index contributed by atoms with van der Waals surface area (Å²) in [6.07, 6.45) is 0. The van der Waals surface area contributed by atoms with E-state index in [-0.39, 0.29) is 12.6 Å². The fourth-order valence-electron chi connectivity index (χ4n) is 2.97. The summed E-state index contributed by atoms with van der Waals surface area (Å²) in [6.45, 7) is 3.76. The lowest BCUT2D eigenvalue weighted by atomic mass is 10.1. The Balaban J connectivity index is 1.80. The Morgan fingerprint density at radius 1 is 1.14 bits per heavy atom. The Hall–Kier alpha value is -3.61. The number of methoxy groups -OCH3 is 1. The second-order valence-corrected chi connectivity index (χ2v) is 6.66. The molecule has 0 aliphatic rings. The third-order valence-electron chi connectivity index (χ3n) is 4.40. The molecular formula is C22H24N4O3. The molecule has 150 valence electrons. The van der Waals surface area contributed by atoms with Gasteiger partial charge in [-0.2, -0.15) is 0 Å². The van der Waals surface area contributed by atoms with Gasteiger partial charge in [0.05, 0.1) is 18.8 Å². The first-order valence-electron chi connectivity index (χ1n) is 9.27. The molecule has 0 radical (unpaired) electrons. The van der Waals surface area contributed by atoms with E-state index in [2.05, 4.69) is 20.6 Å². The van der Waals surface area contributed by atoms with Gasteiger partial charge in [-0.1, -0.05) is 24.3 Å². The summed E-state index contributed by atoms with van der Waals surface area (Å²) < 4.78 is 5.30. The number of nitrogens with zero attached hydrogens (tertiary/aromatic N) is 2. The van der Waals surface area contributed by atoms with Gasteiger partial charge in [0.15, 0.2) is 0 Å². The molecule has 1 aromatic heterocycles. The second-order valence-electron chi connectivity index (χ2n) is 6.66. The molecule has 3 rings (SSSR count). The fraction of sp³-hybridized carbons (Fsp3) is 0.227. The zero-order valence-corrected chi connectivity index (χ0v) is 16.6. The highest BCUT2D eigenvalue weighted by molar-refractivity contribution is 5.72. The summed E-state index contributed by atoms with van der Waals surface area (Å²) in [6, 6.07) is 17.3. The molecular weight excluding hydrogens is 368 g/mol. The van der Waals surface area contributed by atoms with Crippen molar-refractivity contribution in [2.24, 2.45) is 0 Å². The van der Waals surface area contributed by atoms with Crippen molar-refractivity contribution in [1.82, 2.24) is 9.97 Å². The van der Waals surface area contributed by atoms with Crippen LogP contribution in [0.2, 0.25) is 0 Å². The van der Waals surface area contributed by atoms with Crippen molar-refractivity contribution in [1.29, 1.82) is 0 Å². The number of hydrogen-bond donors (Lipinski definition) is 3. The number of carbonyl (C=O) groups is 1. The minimum absolute atomic E-state index is 0.0333. The molecule has 0 bridgehead atoms. The Morgan fingerprint density at radius 3 is 2.69 bits per heavy atom. The summed E-state index contributed by atoms with van der Waals surface area (Å²) in [5.41, 5.74) is 3.53. The highest BCUT2D eigenvalue weighted by Crippen LogP contribution is 2.26. The predicted molar refractivity (Wildman–Crippen MR) is 113 cm³/mol. The predicted octanol–water partition coefficient (Wildman–Crippen LogP) is 4.13. The highest BCUT2D eigenvalue weighted by Gasteiger charge is 2.10. The SMILES string of the molecule is COc1cccc(-c2cc(NC(C)c3cccc(NCC(=O)O)c3)nc(C)n2)c1. The lowest BCUT2D eigenvalue weighted by molar-refractivity contribution is -0.134. The summed E-state index contributed by atoms with van der Waals surface area (Å²) in [4.78, 5) is 19.8. The summed E-state index contributed by atoms with van der Waals surface area (Å²) in [5, 5.41) is 15.1. The second kappa shape index (κ2) is 9.05. The van der Waals surface area contributed by atoms with Crippen LogP contribution in [0.3, 0.4) is 0 Å². The first-order chi connectivity index (χ1) is 13.9. The van der Waals surface area contributed by atoms with Crippen LogP contribution in [0.5, 0.6) is 5.75 Å². The third-order valence-corrected chi connectivity index (χ3v) is 4.40. The van der Waals surface area contributed by atoms with Gasteiger partial charge in [0.2, 0.25) is 0 Å². The van der Waals surface area contributed by atoms with Gasteiger partial charge in [-0.15, -0.1) is 0 Å². The van der Waals surface area contributed by atoms with Crippen molar-refractivity contribution in [2.75, 3.05) is 24.3 Å². The summed E-state index contributed by atoms with van der Waals surface area (Å²) in [5.74, 6) is 1.25. The Bertz CT molecular complexity index is 1010. The quantitative estimate of drug-likeness (QED) is 0.530. The molecule has 0 saturated heterocycles. The Kier molecular flexibility index (Phi) is 6.29. The molecule has 29 heavy (non-hydrogen) atoms. The zero-order chi connectivity index (χ0) is 20.8. The standard InChI is InChI=1S/C22H24N4O3/c1-14(16-6-4-8-18(10-16)23-13-22(27)28)24-21-12-20(25-15(2)26-21)17-7-5-9-19(11-17)29-3/h4-12,14,23H,13H2,1-3H3,(H,27,28)(H,24,25,26). The number of anilines is 2. The van der Waals surface area contributed by atoms with Crippen molar-refractivity contribution >= 4 is 17.5 Å².